The second kappa shape index (κ2) is 35.6. The van der Waals surface area contributed by atoms with Gasteiger partial charge in [0.05, 0.1) is 54.4 Å². The molecule has 0 radical (unpaired) electrons. The Labute approximate surface area is 658 Å². The molecule has 6 aromatic rings. The van der Waals surface area contributed by atoms with Crippen molar-refractivity contribution in [3.63, 3.8) is 0 Å². The fourth-order valence-electron chi connectivity index (χ4n) is 13.8. The highest BCUT2D eigenvalue weighted by Gasteiger charge is 2.52. The highest BCUT2D eigenvalue weighted by atomic mass is 35.5. The molecule has 6 aromatic carbocycles. The minimum atomic E-state index is -2.41. The number of carbonyl (C=O) groups is 9. The van der Waals surface area contributed by atoms with Crippen molar-refractivity contribution in [1.29, 1.82) is 0 Å². The van der Waals surface area contributed by atoms with Gasteiger partial charge in [0, 0.05) is 41.3 Å². The Morgan fingerprint density at radius 2 is 1.36 bits per heavy atom. The van der Waals surface area contributed by atoms with Crippen LogP contribution in [0, 0.1) is 0 Å². The van der Waals surface area contributed by atoms with E-state index in [2.05, 4.69) is 43.8 Å². The Bertz CT molecular complexity index is 4720. The molecule has 8 amide bonds. The summed E-state index contributed by atoms with van der Waals surface area (Å²) in [6.45, 7) is 6.63. The second-order valence-corrected chi connectivity index (χ2v) is 28.9. The number of unbranched alkanes of at least 4 members (excludes halogenated alkanes) is 2. The van der Waals surface area contributed by atoms with Gasteiger partial charge in [-0.2, -0.15) is 0 Å². The molecule has 0 aliphatic carbocycles. The molecule has 7 heterocycles. The number of amides is 8. The molecular formula is C76H84Cl2N10O26. The van der Waals surface area contributed by atoms with Gasteiger partial charge in [0.25, 0.3) is 0 Å². The molecule has 0 saturated carbocycles. The number of carboxylic acids is 1. The van der Waals surface area contributed by atoms with E-state index in [0.717, 1.165) is 104 Å². The summed E-state index contributed by atoms with van der Waals surface area (Å²) >= 11 is 14.2. The quantitative estimate of drug-likeness (QED) is 0.0356. The summed E-state index contributed by atoms with van der Waals surface area (Å²) in [5.74, 6) is -17.5. The molecule has 2 fully saturated rings. The first-order valence-corrected chi connectivity index (χ1v) is 36.5. The van der Waals surface area contributed by atoms with E-state index in [1.54, 1.807) is 26.0 Å². The van der Waals surface area contributed by atoms with Crippen molar-refractivity contribution < 1.29 is 127 Å². The molecule has 36 nitrogen and oxygen atoms in total. The fraction of sp³-hybridized carbons (Fsp3) is 0.382. The van der Waals surface area contributed by atoms with Crippen molar-refractivity contribution in [3.05, 3.63) is 159 Å². The Morgan fingerprint density at radius 1 is 0.711 bits per heavy atom. The van der Waals surface area contributed by atoms with Crippen LogP contribution in [0.3, 0.4) is 0 Å². The summed E-state index contributed by atoms with van der Waals surface area (Å²) in [5, 5.41) is 132. The summed E-state index contributed by atoms with van der Waals surface area (Å²) in [7, 11) is 0. The summed E-state index contributed by atoms with van der Waals surface area (Å²) in [6, 6.07) is 4.92. The molecule has 608 valence electrons. The predicted octanol–water partition coefficient (Wildman–Crippen LogP) is 1.24. The van der Waals surface area contributed by atoms with Gasteiger partial charge in [0.2, 0.25) is 59.3 Å². The van der Waals surface area contributed by atoms with E-state index >= 15 is 14.4 Å². The van der Waals surface area contributed by atoms with Gasteiger partial charge in [-0.15, -0.1) is 6.58 Å². The average molecular weight is 1620 g/mol. The Morgan fingerprint density at radius 3 is 2.00 bits per heavy atom. The summed E-state index contributed by atoms with van der Waals surface area (Å²) in [5.41, 5.74) is 13.4. The lowest BCUT2D eigenvalue weighted by molar-refractivity contribution is -0.334. The highest BCUT2D eigenvalue weighted by molar-refractivity contribution is 6.32. The van der Waals surface area contributed by atoms with Crippen LogP contribution in [-0.4, -0.2) is 196 Å². The third-order valence-electron chi connectivity index (χ3n) is 19.8. The molecule has 0 spiro atoms. The van der Waals surface area contributed by atoms with Crippen LogP contribution in [0.4, 0.5) is 0 Å². The summed E-state index contributed by atoms with van der Waals surface area (Å²) < 4.78 is 45.2. The number of aliphatic carboxylic acids is 1. The van der Waals surface area contributed by atoms with E-state index < -0.39 is 266 Å². The molecule has 11 bridgehead atoms. The number of phenols is 3. The molecule has 23 N–H and O–H groups in total. The number of halogens is 2. The normalized spacial score (nSPS) is 27.2. The van der Waals surface area contributed by atoms with Gasteiger partial charge in [-0.1, -0.05) is 59.6 Å². The number of aliphatic hydroxyl groups excluding tert-OH is 6. The Balaban J connectivity index is 1.10. The van der Waals surface area contributed by atoms with E-state index in [4.69, 9.17) is 73.6 Å². The number of carbonyl (C=O) groups excluding carboxylic acids is 8. The predicted molar refractivity (Wildman–Crippen MR) is 397 cm³/mol. The fourth-order valence-corrected chi connectivity index (χ4v) is 14.2. The zero-order valence-corrected chi connectivity index (χ0v) is 62.3. The van der Waals surface area contributed by atoms with Crippen molar-refractivity contribution >= 4 is 76.4 Å². The number of allylic oxidation sites excluding steroid dienone is 1. The molecule has 0 aromatic heterocycles. The van der Waals surface area contributed by atoms with Crippen LogP contribution in [-0.2, 0) is 63.9 Å². The number of primary amides is 2. The maximum absolute atomic E-state index is 16.1. The number of aromatic hydroxyl groups is 3. The summed E-state index contributed by atoms with van der Waals surface area (Å²) in [6.07, 6.45) is -15.8. The number of fused-ring (bicyclic) bond motifs is 15. The van der Waals surface area contributed by atoms with Gasteiger partial charge in [-0.25, -0.2) is 4.79 Å². The van der Waals surface area contributed by atoms with Crippen molar-refractivity contribution in [2.24, 2.45) is 17.2 Å². The molecule has 13 rings (SSSR count). The molecule has 2 saturated heterocycles. The van der Waals surface area contributed by atoms with Crippen molar-refractivity contribution in [1.82, 2.24) is 37.2 Å². The lowest BCUT2D eigenvalue weighted by atomic mass is 9.84. The Kier molecular flexibility index (Phi) is 26.2. The van der Waals surface area contributed by atoms with Crippen LogP contribution in [0.2, 0.25) is 10.0 Å². The zero-order chi connectivity index (χ0) is 82.5. The maximum atomic E-state index is 16.1. The lowest BCUT2D eigenvalue weighted by Crippen LogP contribution is -2.65. The second-order valence-electron chi connectivity index (χ2n) is 28.1. The smallest absolute Gasteiger partial charge is 0.330 e. The van der Waals surface area contributed by atoms with Crippen molar-refractivity contribution in [2.75, 3.05) is 13.2 Å². The van der Waals surface area contributed by atoms with Gasteiger partial charge in [-0.05, 0) is 128 Å². The minimum absolute atomic E-state index is 0.168. The molecule has 0 unspecified atom stereocenters. The van der Waals surface area contributed by atoms with Crippen LogP contribution < -0.4 is 73.4 Å². The zero-order valence-electron chi connectivity index (χ0n) is 60.8. The van der Waals surface area contributed by atoms with Crippen LogP contribution in [0.25, 0.3) is 11.1 Å². The largest absolute Gasteiger partial charge is 0.508 e. The first-order chi connectivity index (χ1) is 54.1. The topological polar surface area (TPSA) is 583 Å². The molecule has 18 atom stereocenters. The van der Waals surface area contributed by atoms with E-state index in [-0.39, 0.29) is 24.1 Å². The molecule has 7 aliphatic heterocycles. The lowest BCUT2D eigenvalue weighted by Gasteiger charge is -2.48. The van der Waals surface area contributed by atoms with Crippen LogP contribution in [0.1, 0.15) is 116 Å². The van der Waals surface area contributed by atoms with E-state index in [0.29, 0.717) is 12.4 Å². The van der Waals surface area contributed by atoms with Gasteiger partial charge in [0.15, 0.2) is 29.9 Å². The number of nitrogens with two attached hydrogens (primary N) is 3. The first-order valence-electron chi connectivity index (χ1n) is 35.7. The molecular weight excluding hydrogens is 1540 g/mol. The maximum Gasteiger partial charge on any atom is 0.330 e. The van der Waals surface area contributed by atoms with Crippen molar-refractivity contribution in [2.45, 2.75) is 168 Å². The molecule has 7 aliphatic rings. The summed E-state index contributed by atoms with van der Waals surface area (Å²) in [4.78, 5) is 129. The van der Waals surface area contributed by atoms with Crippen molar-refractivity contribution in [3.8, 4) is 62.9 Å². The number of phenolic OH excluding ortho intramolecular Hbond substituents is 3. The number of hydrogen-bond donors (Lipinski definition) is 20. The number of ether oxygens (including phenoxy) is 7. The van der Waals surface area contributed by atoms with E-state index in [1.807, 2.05) is 18.2 Å². The standard InChI is InChI=1S/C76H84Cl2N10O26/c1-4-5-6-7-17-108-38-10-8-9-32(18-38)29-82-76(3)28-54(109-31(2)67(76)99)113-66-64(98)63(97)51(30-89)112-75(66)114-65-49-22-36-23-50(65)111-48-16-13-35(21-42(48)78)62(96)60-73(105)86-58(74(106)107)40-24-37(90)25-46(92)55(40)39-19-33(11-14-45(39)91)56(70(102)88-60)85-71(103)57(36)84-69(101)44(27-53(81)94)83-72(104)59(87-68(100)43(79)26-52(80)93)61(95)34-12-15-47(110-49)41(77)20-34/h4,8-16,18-25,31,43-44,51,54,56-64,66-67,75,82,89-92,95-99H,1,5-7,17,26-30,79H2,2-3H3,(H2,80,93)(H2,81,94)(H,83,104)(H,84,101)(H,85,103)(H,86,105)(H,87,100)(H,88,102)(H,106,107)/t31-,43-,44-,51+,54-,56+,57+,58-,59+,60-,61+,62+,63+,64-,66+,67+,75-,76-/m0/s1. The molecule has 114 heavy (non-hydrogen) atoms. The van der Waals surface area contributed by atoms with Gasteiger partial charge in [-0.3, -0.25) is 38.4 Å². The number of aliphatic hydroxyl groups is 6. The minimum Gasteiger partial charge on any atom is -0.508 e. The monoisotopic (exact) mass is 1620 g/mol. The van der Waals surface area contributed by atoms with Gasteiger partial charge >= 0.3 is 5.97 Å². The first kappa shape index (κ1) is 84.0. The Hall–Kier alpha value is -11.0. The number of benzene rings is 6. The number of hydrogen-bond acceptors (Lipinski definition) is 27. The van der Waals surface area contributed by atoms with Gasteiger partial charge in [0.1, 0.15) is 95.2 Å². The number of nitrogens with one attached hydrogen (secondary N) is 7. The van der Waals surface area contributed by atoms with Crippen LogP contribution in [0.5, 0.6) is 51.7 Å². The third kappa shape index (κ3) is 18.8. The van der Waals surface area contributed by atoms with Crippen LogP contribution >= 0.6 is 23.2 Å². The number of rotatable bonds is 21. The van der Waals surface area contributed by atoms with E-state index in [9.17, 15) is 79.8 Å². The van der Waals surface area contributed by atoms with Gasteiger partial charge < -0.3 is 139 Å². The average Bonchev–Trinajstić information content (AvgIpc) is 0.761. The number of carboxylic acid groups (broad SMARTS) is 1. The molecule has 38 heteroatoms. The van der Waals surface area contributed by atoms with E-state index in [1.165, 1.54) is 0 Å². The highest BCUT2D eigenvalue weighted by Crippen LogP contribution is 2.50. The SMILES string of the molecule is C=CCCCCOc1cccc(CN[C@@]2(C)C[C@H](O[C@H]3[C@H](Oc4c5cc6cc4Oc4ccc(cc4Cl)[C@@H](O)[C@@H](NC(=O)[C@@H](N)CC(N)=O)C(=O)N[C@@H](CC(N)=O)C(=O)N[C@H]6C(=O)N[C@H]4C(=O)N[C@H](C(=O)N[C@H](C(=O)O)c6cc(O)cc(O)c6-c6cc4ccc6O)[C@H](O)c4ccc(c(Cl)c4)O5)O[C@H](CO)[C@@H](O)[C@@H]3O)O[C@@H](C)[C@H]2O)c1. The van der Waals surface area contributed by atoms with Crippen LogP contribution in [0.15, 0.2) is 116 Å². The third-order valence-corrected chi connectivity index (χ3v) is 20.4.